The van der Waals surface area contributed by atoms with Crippen molar-refractivity contribution in [2.24, 2.45) is 5.10 Å². The van der Waals surface area contributed by atoms with Crippen LogP contribution in [0.5, 0.6) is 34.5 Å². The Balaban J connectivity index is 1.64. The third-order valence-electron chi connectivity index (χ3n) is 5.19. The minimum Gasteiger partial charge on any atom is -0.493 e. The van der Waals surface area contributed by atoms with Crippen LogP contribution in [0.2, 0.25) is 5.02 Å². The average molecular weight is 543 g/mol. The van der Waals surface area contributed by atoms with Crippen molar-refractivity contribution in [1.29, 1.82) is 0 Å². The topological polar surface area (TPSA) is 114 Å². The van der Waals surface area contributed by atoms with E-state index in [1.807, 2.05) is 6.92 Å². The molecule has 0 spiro atoms. The Labute approximate surface area is 225 Å². The van der Waals surface area contributed by atoms with Gasteiger partial charge < -0.3 is 28.4 Å². The molecule has 0 bridgehead atoms. The average Bonchev–Trinajstić information content (AvgIpc) is 2.92. The summed E-state index contributed by atoms with van der Waals surface area (Å²) in [6, 6.07) is 12.9. The highest BCUT2D eigenvalue weighted by Crippen LogP contribution is 2.38. The summed E-state index contributed by atoms with van der Waals surface area (Å²) < 4.78 is 32.2. The monoisotopic (exact) mass is 542 g/mol. The third kappa shape index (κ3) is 7.07. The van der Waals surface area contributed by atoms with E-state index in [2.05, 4.69) is 10.5 Å². The molecule has 0 aliphatic heterocycles. The zero-order chi connectivity index (χ0) is 27.7. The number of aryl methyl sites for hydroxylation is 1. The van der Waals surface area contributed by atoms with E-state index in [0.717, 1.165) is 5.56 Å². The highest BCUT2D eigenvalue weighted by Gasteiger charge is 2.19. The van der Waals surface area contributed by atoms with Gasteiger partial charge in [-0.1, -0.05) is 11.6 Å². The second-order valence-electron chi connectivity index (χ2n) is 7.71. The summed E-state index contributed by atoms with van der Waals surface area (Å²) in [6.45, 7) is 1.61. The molecule has 10 nitrogen and oxygen atoms in total. The van der Waals surface area contributed by atoms with Crippen LogP contribution in [0.3, 0.4) is 0 Å². The lowest BCUT2D eigenvalue weighted by molar-refractivity contribution is -0.123. The molecule has 0 aliphatic carbocycles. The fraction of sp³-hybridized carbons (Fsp3) is 0.222. The Bertz CT molecular complexity index is 1320. The predicted molar refractivity (Wildman–Crippen MR) is 141 cm³/mol. The summed E-state index contributed by atoms with van der Waals surface area (Å²) in [5, 5.41) is 4.51. The fourth-order valence-electron chi connectivity index (χ4n) is 3.34. The summed E-state index contributed by atoms with van der Waals surface area (Å²) in [5.74, 6) is 0.884. The van der Waals surface area contributed by atoms with Gasteiger partial charge in [0.25, 0.3) is 5.91 Å². The Morgan fingerprint density at radius 1 is 0.842 bits per heavy atom. The maximum Gasteiger partial charge on any atom is 0.343 e. The van der Waals surface area contributed by atoms with Crippen molar-refractivity contribution in [2.45, 2.75) is 6.92 Å². The summed E-state index contributed by atoms with van der Waals surface area (Å²) in [7, 11) is 5.80. The van der Waals surface area contributed by atoms with Gasteiger partial charge in [0.05, 0.1) is 40.2 Å². The number of hydrogen-bond donors (Lipinski definition) is 1. The van der Waals surface area contributed by atoms with E-state index in [1.165, 1.54) is 46.8 Å². The molecule has 0 saturated heterocycles. The van der Waals surface area contributed by atoms with Crippen LogP contribution in [0.4, 0.5) is 0 Å². The Morgan fingerprint density at radius 3 is 2.11 bits per heavy atom. The van der Waals surface area contributed by atoms with Crippen LogP contribution in [-0.4, -0.2) is 53.1 Å². The van der Waals surface area contributed by atoms with Crippen LogP contribution in [0, 0.1) is 6.92 Å². The fourth-order valence-corrected chi connectivity index (χ4v) is 3.56. The number of hydrogen-bond acceptors (Lipinski definition) is 9. The molecule has 11 heteroatoms. The second-order valence-corrected chi connectivity index (χ2v) is 8.14. The molecule has 3 aromatic rings. The number of carbonyl (C=O) groups is 2. The molecule has 38 heavy (non-hydrogen) atoms. The number of halogens is 1. The number of methoxy groups -OCH3 is 4. The molecule has 0 unspecified atom stereocenters. The minimum absolute atomic E-state index is 0.180. The smallest absolute Gasteiger partial charge is 0.343 e. The van der Waals surface area contributed by atoms with Gasteiger partial charge in [0.2, 0.25) is 5.75 Å². The van der Waals surface area contributed by atoms with E-state index >= 15 is 0 Å². The molecule has 0 atom stereocenters. The van der Waals surface area contributed by atoms with E-state index in [9.17, 15) is 9.59 Å². The molecule has 0 fully saturated rings. The first kappa shape index (κ1) is 28.1. The number of nitrogens with zero attached hydrogens (tertiary/aromatic N) is 1. The molecule has 3 aromatic carbocycles. The SMILES string of the molecule is COc1cc(C=NNC(=O)COc2ccc(Cl)cc2C)ccc1OC(=O)c1cc(OC)c(OC)c(OC)c1. The lowest BCUT2D eigenvalue weighted by Crippen LogP contribution is -2.24. The van der Waals surface area contributed by atoms with Crippen LogP contribution in [0.25, 0.3) is 0 Å². The quantitative estimate of drug-likeness (QED) is 0.164. The molecule has 0 saturated carbocycles. The van der Waals surface area contributed by atoms with Crippen LogP contribution in [0.15, 0.2) is 53.6 Å². The van der Waals surface area contributed by atoms with Crippen molar-refractivity contribution in [3.8, 4) is 34.5 Å². The molecule has 3 rings (SSSR count). The Morgan fingerprint density at radius 2 is 1.50 bits per heavy atom. The molecule has 200 valence electrons. The van der Waals surface area contributed by atoms with Gasteiger partial charge in [-0.2, -0.15) is 5.10 Å². The number of rotatable bonds is 11. The zero-order valence-corrected chi connectivity index (χ0v) is 22.3. The summed E-state index contributed by atoms with van der Waals surface area (Å²) in [4.78, 5) is 24.9. The molecular formula is C27H27ClN2O8. The van der Waals surface area contributed by atoms with E-state index in [0.29, 0.717) is 33.6 Å². The van der Waals surface area contributed by atoms with Crippen LogP contribution in [0.1, 0.15) is 21.5 Å². The van der Waals surface area contributed by atoms with Gasteiger partial charge >= 0.3 is 5.97 Å². The van der Waals surface area contributed by atoms with Gasteiger partial charge in [0.1, 0.15) is 5.75 Å². The maximum atomic E-state index is 12.8. The van der Waals surface area contributed by atoms with Gasteiger partial charge in [-0.25, -0.2) is 10.2 Å². The third-order valence-corrected chi connectivity index (χ3v) is 5.42. The first-order chi connectivity index (χ1) is 18.3. The lowest BCUT2D eigenvalue weighted by Gasteiger charge is -2.14. The molecule has 0 aromatic heterocycles. The first-order valence-corrected chi connectivity index (χ1v) is 11.6. The van der Waals surface area contributed by atoms with E-state index in [-0.39, 0.29) is 23.7 Å². The minimum atomic E-state index is -0.660. The van der Waals surface area contributed by atoms with Gasteiger partial charge in [0.15, 0.2) is 29.6 Å². The van der Waals surface area contributed by atoms with Crippen LogP contribution in [-0.2, 0) is 4.79 Å². The number of hydrazone groups is 1. The highest BCUT2D eigenvalue weighted by molar-refractivity contribution is 6.30. The molecule has 1 amide bonds. The highest BCUT2D eigenvalue weighted by atomic mass is 35.5. The van der Waals surface area contributed by atoms with Crippen molar-refractivity contribution >= 4 is 29.7 Å². The molecule has 0 heterocycles. The van der Waals surface area contributed by atoms with Gasteiger partial charge in [0, 0.05) is 5.02 Å². The van der Waals surface area contributed by atoms with Crippen LogP contribution < -0.4 is 33.8 Å². The standard InChI is InChI=1S/C27H27ClN2O8/c1-16-10-19(28)7-9-20(16)37-15-25(31)30-29-14-17-6-8-21(22(11-17)33-2)38-27(32)18-12-23(34-3)26(36-5)24(13-18)35-4/h6-14H,15H2,1-5H3,(H,30,31). The van der Waals surface area contributed by atoms with Crippen molar-refractivity contribution in [1.82, 2.24) is 5.43 Å². The second kappa shape index (κ2) is 13.2. The van der Waals surface area contributed by atoms with Gasteiger partial charge in [-0.05, 0) is 66.6 Å². The number of esters is 1. The number of carbonyl (C=O) groups excluding carboxylic acids is 2. The number of amides is 1. The summed E-state index contributed by atoms with van der Waals surface area (Å²) in [5.41, 5.74) is 3.97. The number of ether oxygens (including phenoxy) is 6. The maximum absolute atomic E-state index is 12.8. The lowest BCUT2D eigenvalue weighted by atomic mass is 10.1. The zero-order valence-electron chi connectivity index (χ0n) is 21.5. The van der Waals surface area contributed by atoms with E-state index in [4.69, 9.17) is 40.0 Å². The summed E-state index contributed by atoms with van der Waals surface area (Å²) >= 11 is 5.92. The van der Waals surface area contributed by atoms with E-state index in [1.54, 1.807) is 36.4 Å². The van der Waals surface area contributed by atoms with Crippen molar-refractivity contribution in [3.63, 3.8) is 0 Å². The molecule has 1 N–H and O–H groups in total. The summed E-state index contributed by atoms with van der Waals surface area (Å²) in [6.07, 6.45) is 1.42. The van der Waals surface area contributed by atoms with Crippen LogP contribution >= 0.6 is 11.6 Å². The number of benzene rings is 3. The van der Waals surface area contributed by atoms with Crippen molar-refractivity contribution < 1.29 is 38.0 Å². The normalized spacial score (nSPS) is 10.6. The Kier molecular flexibility index (Phi) is 9.78. The van der Waals surface area contributed by atoms with Gasteiger partial charge in [-0.15, -0.1) is 0 Å². The van der Waals surface area contributed by atoms with Crippen molar-refractivity contribution in [3.05, 3.63) is 70.2 Å². The number of nitrogens with one attached hydrogen (secondary N) is 1. The molecule has 0 aliphatic rings. The predicted octanol–water partition coefficient (Wildman–Crippen LogP) is 4.43. The van der Waals surface area contributed by atoms with E-state index < -0.39 is 11.9 Å². The molecule has 0 radical (unpaired) electrons. The Hall–Kier alpha value is -4.44. The van der Waals surface area contributed by atoms with Gasteiger partial charge in [-0.3, -0.25) is 4.79 Å². The molecular weight excluding hydrogens is 516 g/mol. The van der Waals surface area contributed by atoms with Crippen molar-refractivity contribution in [2.75, 3.05) is 35.0 Å². The largest absolute Gasteiger partial charge is 0.493 e. The first-order valence-electron chi connectivity index (χ1n) is 11.2.